The summed E-state index contributed by atoms with van der Waals surface area (Å²) >= 11 is 7.46. The van der Waals surface area contributed by atoms with E-state index in [9.17, 15) is 0 Å². The lowest BCUT2D eigenvalue weighted by molar-refractivity contribution is 0.151. The van der Waals surface area contributed by atoms with Crippen LogP contribution < -0.4 is 5.43 Å². The van der Waals surface area contributed by atoms with E-state index >= 15 is 0 Å². The number of piperidine rings is 1. The molecule has 1 N–H and O–H groups in total. The predicted molar refractivity (Wildman–Crippen MR) is 61.6 cm³/mol. The van der Waals surface area contributed by atoms with Crippen LogP contribution in [0.5, 0.6) is 0 Å². The fourth-order valence-electron chi connectivity index (χ4n) is 1.69. The van der Waals surface area contributed by atoms with Crippen LogP contribution in [0, 0.1) is 0 Å². The highest BCUT2D eigenvalue weighted by Gasteiger charge is 2.09. The summed E-state index contributed by atoms with van der Waals surface area (Å²) in [4.78, 5) is 0. The zero-order chi connectivity index (χ0) is 9.80. The van der Waals surface area contributed by atoms with Crippen molar-refractivity contribution < 1.29 is 0 Å². The van der Waals surface area contributed by atoms with E-state index in [1.54, 1.807) is 11.3 Å². The minimum Gasteiger partial charge on any atom is -0.251 e. The molecule has 0 atom stereocenters. The van der Waals surface area contributed by atoms with E-state index in [1.165, 1.54) is 37.9 Å². The normalized spacial score (nSPS) is 18.6. The van der Waals surface area contributed by atoms with E-state index in [0.717, 1.165) is 10.9 Å². The average molecular weight is 231 g/mol. The van der Waals surface area contributed by atoms with Crippen LogP contribution in [0.2, 0.25) is 4.34 Å². The van der Waals surface area contributed by atoms with Gasteiger partial charge in [-0.1, -0.05) is 18.0 Å². The molecule has 2 nitrogen and oxygen atoms in total. The fraction of sp³-hybridized carbons (Fsp3) is 0.600. The molecular weight excluding hydrogens is 216 g/mol. The second-order valence-electron chi connectivity index (χ2n) is 3.64. The van der Waals surface area contributed by atoms with Gasteiger partial charge in [0.25, 0.3) is 0 Å². The maximum absolute atomic E-state index is 5.86. The number of thiophene rings is 1. The Morgan fingerprint density at radius 2 is 2.14 bits per heavy atom. The van der Waals surface area contributed by atoms with Crippen LogP contribution >= 0.6 is 22.9 Å². The van der Waals surface area contributed by atoms with Crippen molar-refractivity contribution in [2.45, 2.75) is 25.8 Å². The summed E-state index contributed by atoms with van der Waals surface area (Å²) in [7, 11) is 0. The van der Waals surface area contributed by atoms with Gasteiger partial charge < -0.3 is 0 Å². The summed E-state index contributed by atoms with van der Waals surface area (Å²) in [6.45, 7) is 3.26. The van der Waals surface area contributed by atoms with Gasteiger partial charge in [-0.05, 0) is 29.9 Å². The molecule has 1 saturated heterocycles. The number of rotatable bonds is 3. The first kappa shape index (κ1) is 10.4. The van der Waals surface area contributed by atoms with Crippen molar-refractivity contribution in [2.24, 2.45) is 0 Å². The molecule has 1 aromatic heterocycles. The van der Waals surface area contributed by atoms with Crippen molar-refractivity contribution in [1.29, 1.82) is 0 Å². The Morgan fingerprint density at radius 1 is 1.36 bits per heavy atom. The third-order valence-electron chi connectivity index (χ3n) is 2.48. The quantitative estimate of drug-likeness (QED) is 0.859. The highest BCUT2D eigenvalue weighted by Crippen LogP contribution is 2.19. The lowest BCUT2D eigenvalue weighted by Crippen LogP contribution is -2.40. The fourth-order valence-corrected chi connectivity index (χ4v) is 2.60. The van der Waals surface area contributed by atoms with Crippen LogP contribution in [0.1, 0.15) is 24.8 Å². The summed E-state index contributed by atoms with van der Waals surface area (Å²) < 4.78 is 0.875. The Labute approximate surface area is 93.8 Å². The van der Waals surface area contributed by atoms with Crippen LogP contribution in [0.15, 0.2) is 11.4 Å². The number of halogens is 1. The second kappa shape index (κ2) is 5.12. The van der Waals surface area contributed by atoms with Gasteiger partial charge >= 0.3 is 0 Å². The zero-order valence-corrected chi connectivity index (χ0v) is 9.70. The molecule has 1 fully saturated rings. The van der Waals surface area contributed by atoms with Crippen molar-refractivity contribution in [3.8, 4) is 0 Å². The largest absolute Gasteiger partial charge is 0.251 e. The van der Waals surface area contributed by atoms with Gasteiger partial charge in [-0.25, -0.2) is 5.01 Å². The molecule has 2 heterocycles. The van der Waals surface area contributed by atoms with E-state index in [0.29, 0.717) is 0 Å². The third-order valence-corrected chi connectivity index (χ3v) is 3.62. The van der Waals surface area contributed by atoms with Crippen LogP contribution in [-0.2, 0) is 6.54 Å². The first-order valence-electron chi connectivity index (χ1n) is 5.06. The highest BCUT2D eigenvalue weighted by atomic mass is 35.5. The molecule has 4 heteroatoms. The van der Waals surface area contributed by atoms with Crippen molar-refractivity contribution in [1.82, 2.24) is 10.4 Å². The first-order valence-corrected chi connectivity index (χ1v) is 6.32. The average Bonchev–Trinajstić information content (AvgIpc) is 2.63. The Morgan fingerprint density at radius 3 is 2.79 bits per heavy atom. The second-order valence-corrected chi connectivity index (χ2v) is 5.18. The van der Waals surface area contributed by atoms with Crippen LogP contribution in [0.25, 0.3) is 0 Å². The molecule has 0 aromatic carbocycles. The Hall–Kier alpha value is -0.0900. The molecule has 78 valence electrons. The summed E-state index contributed by atoms with van der Waals surface area (Å²) in [6.07, 6.45) is 4.01. The van der Waals surface area contributed by atoms with Crippen LogP contribution in [0.3, 0.4) is 0 Å². The van der Waals surface area contributed by atoms with Crippen molar-refractivity contribution in [3.05, 3.63) is 21.3 Å². The molecule has 0 spiro atoms. The van der Waals surface area contributed by atoms with Crippen molar-refractivity contribution in [2.75, 3.05) is 13.1 Å². The first-order chi connectivity index (χ1) is 6.84. The Kier molecular flexibility index (Phi) is 3.81. The summed E-state index contributed by atoms with van der Waals surface area (Å²) in [6, 6.07) is 2.03. The van der Waals surface area contributed by atoms with Crippen molar-refractivity contribution in [3.63, 3.8) is 0 Å². The van der Waals surface area contributed by atoms with E-state index in [-0.39, 0.29) is 0 Å². The van der Waals surface area contributed by atoms with Crippen molar-refractivity contribution >= 4 is 22.9 Å². The van der Waals surface area contributed by atoms with Gasteiger partial charge in [-0.15, -0.1) is 11.3 Å². The van der Waals surface area contributed by atoms with Gasteiger partial charge in [-0.2, -0.15) is 0 Å². The van der Waals surface area contributed by atoms with Crippen LogP contribution in [-0.4, -0.2) is 18.1 Å². The van der Waals surface area contributed by atoms with Gasteiger partial charge in [0.05, 0.1) is 4.34 Å². The van der Waals surface area contributed by atoms with Gasteiger partial charge in [0.2, 0.25) is 0 Å². The minimum absolute atomic E-state index is 0.875. The van der Waals surface area contributed by atoms with Gasteiger partial charge in [-0.3, -0.25) is 5.43 Å². The minimum atomic E-state index is 0.875. The van der Waals surface area contributed by atoms with Gasteiger partial charge in [0.1, 0.15) is 0 Å². The molecule has 1 aliphatic heterocycles. The number of nitrogens with one attached hydrogen (secondary N) is 1. The van der Waals surface area contributed by atoms with E-state index in [1.807, 2.05) is 6.07 Å². The smallest absolute Gasteiger partial charge is 0.0931 e. The van der Waals surface area contributed by atoms with Gasteiger partial charge in [0, 0.05) is 19.6 Å². The van der Waals surface area contributed by atoms with Crippen LogP contribution in [0.4, 0.5) is 0 Å². The molecule has 2 rings (SSSR count). The van der Waals surface area contributed by atoms with E-state index in [2.05, 4.69) is 15.8 Å². The molecule has 0 saturated carbocycles. The van der Waals surface area contributed by atoms with Gasteiger partial charge in [0.15, 0.2) is 0 Å². The van der Waals surface area contributed by atoms with E-state index < -0.39 is 0 Å². The molecule has 0 radical (unpaired) electrons. The molecule has 1 aromatic rings. The summed E-state index contributed by atoms with van der Waals surface area (Å²) in [5.74, 6) is 0. The maximum atomic E-state index is 5.86. The topological polar surface area (TPSA) is 15.3 Å². The SMILES string of the molecule is Clc1cc(CNN2CCCCC2)cs1. The number of hydrogen-bond donors (Lipinski definition) is 1. The number of hydrogen-bond acceptors (Lipinski definition) is 3. The lowest BCUT2D eigenvalue weighted by atomic mass is 10.2. The Bertz CT molecular complexity index is 281. The molecule has 0 unspecified atom stereocenters. The summed E-state index contributed by atoms with van der Waals surface area (Å²) in [5, 5.41) is 4.42. The third kappa shape index (κ3) is 2.95. The monoisotopic (exact) mass is 230 g/mol. The molecule has 0 amide bonds. The number of hydrazine groups is 1. The standard InChI is InChI=1S/C10H15ClN2S/c11-10-6-9(8-14-10)7-12-13-4-2-1-3-5-13/h6,8,12H,1-5,7H2. The zero-order valence-electron chi connectivity index (χ0n) is 8.13. The lowest BCUT2D eigenvalue weighted by Gasteiger charge is -2.26. The highest BCUT2D eigenvalue weighted by molar-refractivity contribution is 7.14. The molecule has 0 bridgehead atoms. The van der Waals surface area contributed by atoms with E-state index in [4.69, 9.17) is 11.6 Å². The molecule has 14 heavy (non-hydrogen) atoms. The predicted octanol–water partition coefficient (Wildman–Crippen LogP) is 2.89. The summed E-state index contributed by atoms with van der Waals surface area (Å²) in [5.41, 5.74) is 4.72. The number of nitrogens with zero attached hydrogens (tertiary/aromatic N) is 1. The molecule has 1 aliphatic rings. The Balaban J connectivity index is 1.76. The maximum Gasteiger partial charge on any atom is 0.0931 e. The molecular formula is C10H15ClN2S. The molecule has 0 aliphatic carbocycles.